The number of methoxy groups -OCH3 is 1. The van der Waals surface area contributed by atoms with Gasteiger partial charge in [0.05, 0.1) is 12.7 Å². The molecule has 0 aliphatic carbocycles. The van der Waals surface area contributed by atoms with Crippen molar-refractivity contribution in [3.63, 3.8) is 0 Å². The standard InChI is InChI=1S/C27H30N2O4/c1-17-6-4-11-28(17)12-5-13-29-18(2)22(23-15-20(32-3)8-10-24(23)29)16-26-27(31)21-9-7-19(30)14-25(21)33-26/h7-10,14-17,30H,4-6,11-13H2,1-3H3. The highest BCUT2D eigenvalue weighted by Gasteiger charge is 2.28. The minimum atomic E-state index is -0.170. The predicted molar refractivity (Wildman–Crippen MR) is 129 cm³/mol. The maximum absolute atomic E-state index is 12.9. The summed E-state index contributed by atoms with van der Waals surface area (Å²) in [6, 6.07) is 11.3. The number of carbonyl (C=O) groups is 1. The van der Waals surface area contributed by atoms with Crippen LogP contribution in [0.4, 0.5) is 0 Å². The molecule has 5 rings (SSSR count). The lowest BCUT2D eigenvalue weighted by Gasteiger charge is -2.21. The van der Waals surface area contributed by atoms with Gasteiger partial charge in [0.15, 0.2) is 5.76 Å². The smallest absolute Gasteiger partial charge is 0.231 e. The molecule has 1 saturated heterocycles. The Bertz CT molecular complexity index is 1260. The largest absolute Gasteiger partial charge is 0.508 e. The van der Waals surface area contributed by atoms with Crippen molar-refractivity contribution in [3.8, 4) is 17.2 Å². The van der Waals surface area contributed by atoms with Crippen LogP contribution in [0.5, 0.6) is 17.2 Å². The lowest BCUT2D eigenvalue weighted by atomic mass is 10.1. The normalized spacial score (nSPS) is 19.4. The van der Waals surface area contributed by atoms with Crippen LogP contribution in [-0.2, 0) is 6.54 Å². The van der Waals surface area contributed by atoms with Crippen LogP contribution in [-0.4, -0.2) is 46.6 Å². The first-order chi connectivity index (χ1) is 16.0. The van der Waals surface area contributed by atoms with Gasteiger partial charge < -0.3 is 24.0 Å². The maximum Gasteiger partial charge on any atom is 0.231 e. The van der Waals surface area contributed by atoms with Crippen LogP contribution >= 0.6 is 0 Å². The summed E-state index contributed by atoms with van der Waals surface area (Å²) >= 11 is 0. The number of nitrogens with zero attached hydrogens (tertiary/aromatic N) is 2. The van der Waals surface area contributed by atoms with Gasteiger partial charge in [0.25, 0.3) is 0 Å². The van der Waals surface area contributed by atoms with Gasteiger partial charge in [0.2, 0.25) is 5.78 Å². The number of benzene rings is 2. The molecule has 6 heteroatoms. The number of aromatic nitrogens is 1. The molecule has 6 nitrogen and oxygen atoms in total. The highest BCUT2D eigenvalue weighted by Crippen LogP contribution is 2.37. The van der Waals surface area contributed by atoms with Crippen LogP contribution in [0, 0.1) is 6.92 Å². The van der Waals surface area contributed by atoms with E-state index >= 15 is 0 Å². The number of phenols is 1. The van der Waals surface area contributed by atoms with Crippen LogP contribution in [0.15, 0.2) is 42.2 Å². The topological polar surface area (TPSA) is 63.9 Å². The number of hydrogen-bond donors (Lipinski definition) is 1. The fourth-order valence-electron chi connectivity index (χ4n) is 5.15. The molecule has 1 N–H and O–H groups in total. The number of phenolic OH excluding ortho intramolecular Hbond substituents is 1. The third-order valence-electron chi connectivity index (χ3n) is 7.03. The summed E-state index contributed by atoms with van der Waals surface area (Å²) in [4.78, 5) is 15.5. The highest BCUT2D eigenvalue weighted by molar-refractivity contribution is 6.15. The molecule has 0 bridgehead atoms. The quantitative estimate of drug-likeness (QED) is 0.530. The summed E-state index contributed by atoms with van der Waals surface area (Å²) in [5.74, 6) is 1.34. The average Bonchev–Trinajstić information content (AvgIpc) is 3.43. The number of aryl methyl sites for hydroxylation is 1. The number of allylic oxidation sites excluding steroid dienone is 1. The SMILES string of the molecule is COc1ccc2c(c1)c(C=C1Oc3cc(O)ccc3C1=O)c(C)n2CCCN1CCCC1C. The van der Waals surface area contributed by atoms with Crippen molar-refractivity contribution in [2.75, 3.05) is 20.2 Å². The second-order valence-electron chi connectivity index (χ2n) is 9.03. The predicted octanol–water partition coefficient (Wildman–Crippen LogP) is 5.15. The van der Waals surface area contributed by atoms with Crippen molar-refractivity contribution < 1.29 is 19.4 Å². The van der Waals surface area contributed by atoms with Gasteiger partial charge in [-0.1, -0.05) is 0 Å². The number of rotatable bonds is 6. The Labute approximate surface area is 194 Å². The Kier molecular flexibility index (Phi) is 5.62. The molecule has 0 radical (unpaired) electrons. The molecule has 2 aromatic carbocycles. The second kappa shape index (κ2) is 8.60. The van der Waals surface area contributed by atoms with E-state index in [1.165, 1.54) is 31.5 Å². The summed E-state index contributed by atoms with van der Waals surface area (Å²) in [5.41, 5.74) is 3.64. The lowest BCUT2D eigenvalue weighted by molar-refractivity contribution is 0.101. The third-order valence-corrected chi connectivity index (χ3v) is 7.03. The van der Waals surface area contributed by atoms with Crippen molar-refractivity contribution in [2.24, 2.45) is 0 Å². The summed E-state index contributed by atoms with van der Waals surface area (Å²) in [7, 11) is 1.66. The summed E-state index contributed by atoms with van der Waals surface area (Å²) in [6.45, 7) is 7.60. The molecule has 0 amide bonds. The summed E-state index contributed by atoms with van der Waals surface area (Å²) in [6.07, 6.45) is 5.47. The minimum absolute atomic E-state index is 0.0765. The van der Waals surface area contributed by atoms with E-state index in [1.54, 1.807) is 13.2 Å². The van der Waals surface area contributed by atoms with E-state index < -0.39 is 0 Å². The van der Waals surface area contributed by atoms with Gasteiger partial charge in [-0.2, -0.15) is 0 Å². The Morgan fingerprint density at radius 1 is 1.21 bits per heavy atom. The van der Waals surface area contributed by atoms with Gasteiger partial charge in [0, 0.05) is 47.4 Å². The van der Waals surface area contributed by atoms with E-state index in [9.17, 15) is 9.90 Å². The zero-order chi connectivity index (χ0) is 23.1. The first kappa shape index (κ1) is 21.6. The fraction of sp³-hybridized carbons (Fsp3) is 0.370. The average molecular weight is 447 g/mol. The highest BCUT2D eigenvalue weighted by atomic mass is 16.5. The first-order valence-electron chi connectivity index (χ1n) is 11.6. The number of fused-ring (bicyclic) bond motifs is 2. The van der Waals surface area contributed by atoms with E-state index in [0.29, 0.717) is 17.4 Å². The molecule has 3 heterocycles. The molecule has 0 saturated carbocycles. The number of ether oxygens (including phenoxy) is 2. The lowest BCUT2D eigenvalue weighted by Crippen LogP contribution is -2.28. The van der Waals surface area contributed by atoms with Gasteiger partial charge in [0.1, 0.15) is 17.2 Å². The molecule has 3 aromatic rings. The van der Waals surface area contributed by atoms with E-state index in [4.69, 9.17) is 9.47 Å². The van der Waals surface area contributed by atoms with Crippen LogP contribution < -0.4 is 9.47 Å². The van der Waals surface area contributed by atoms with Gasteiger partial charge in [-0.25, -0.2) is 0 Å². The Morgan fingerprint density at radius 3 is 2.82 bits per heavy atom. The Hall–Kier alpha value is -3.25. The zero-order valence-corrected chi connectivity index (χ0v) is 19.4. The Balaban J connectivity index is 1.50. The van der Waals surface area contributed by atoms with Gasteiger partial charge in [-0.3, -0.25) is 4.79 Å². The monoisotopic (exact) mass is 446 g/mol. The fourth-order valence-corrected chi connectivity index (χ4v) is 5.15. The van der Waals surface area contributed by atoms with Crippen molar-refractivity contribution in [1.82, 2.24) is 9.47 Å². The van der Waals surface area contributed by atoms with Crippen molar-refractivity contribution in [1.29, 1.82) is 0 Å². The van der Waals surface area contributed by atoms with E-state index in [2.05, 4.69) is 29.4 Å². The molecular formula is C27H30N2O4. The van der Waals surface area contributed by atoms with Crippen LogP contribution in [0.2, 0.25) is 0 Å². The van der Waals surface area contributed by atoms with Crippen LogP contribution in [0.3, 0.4) is 0 Å². The maximum atomic E-state index is 12.9. The minimum Gasteiger partial charge on any atom is -0.508 e. The molecule has 2 aliphatic rings. The van der Waals surface area contributed by atoms with Gasteiger partial charge >= 0.3 is 0 Å². The Morgan fingerprint density at radius 2 is 2.06 bits per heavy atom. The molecule has 2 aliphatic heterocycles. The molecule has 1 atom stereocenters. The molecule has 1 fully saturated rings. The summed E-state index contributed by atoms with van der Waals surface area (Å²) < 4.78 is 13.7. The molecule has 1 unspecified atom stereocenters. The molecular weight excluding hydrogens is 416 g/mol. The van der Waals surface area contributed by atoms with E-state index in [0.717, 1.165) is 47.4 Å². The molecule has 0 spiro atoms. The number of hydrogen-bond acceptors (Lipinski definition) is 5. The van der Waals surface area contributed by atoms with Crippen LogP contribution in [0.25, 0.3) is 17.0 Å². The van der Waals surface area contributed by atoms with Crippen molar-refractivity contribution in [2.45, 2.75) is 45.7 Å². The number of aromatic hydroxyl groups is 1. The van der Waals surface area contributed by atoms with E-state index in [1.807, 2.05) is 18.2 Å². The molecule has 33 heavy (non-hydrogen) atoms. The molecule has 172 valence electrons. The van der Waals surface area contributed by atoms with Gasteiger partial charge in [-0.05, 0) is 76.1 Å². The van der Waals surface area contributed by atoms with Crippen LogP contribution in [0.1, 0.15) is 47.8 Å². The van der Waals surface area contributed by atoms with Gasteiger partial charge in [-0.15, -0.1) is 0 Å². The first-order valence-corrected chi connectivity index (χ1v) is 11.6. The zero-order valence-electron chi connectivity index (χ0n) is 19.4. The third kappa shape index (κ3) is 3.89. The van der Waals surface area contributed by atoms with Crippen molar-refractivity contribution in [3.05, 3.63) is 59.0 Å². The number of ketones is 1. The molecule has 1 aromatic heterocycles. The number of likely N-dealkylation sites (tertiary alicyclic amines) is 1. The second-order valence-corrected chi connectivity index (χ2v) is 9.03. The number of carbonyl (C=O) groups excluding carboxylic acids is 1. The van der Waals surface area contributed by atoms with Crippen molar-refractivity contribution >= 4 is 22.8 Å². The number of Topliss-reactive ketones (excluding diaryl/α,β-unsaturated/α-hetero) is 1. The summed E-state index contributed by atoms with van der Waals surface area (Å²) in [5, 5.41) is 10.8. The van der Waals surface area contributed by atoms with E-state index in [-0.39, 0.29) is 17.3 Å².